The number of thiocarbonyl (C=S) groups is 1. The van der Waals surface area contributed by atoms with Gasteiger partial charge in [-0.05, 0) is 24.2 Å². The molecule has 30 heavy (non-hydrogen) atoms. The van der Waals surface area contributed by atoms with E-state index < -0.39 is 10.9 Å². The van der Waals surface area contributed by atoms with Gasteiger partial charge >= 0.3 is 11.7 Å². The second kappa shape index (κ2) is 12.1. The Morgan fingerprint density at radius 2 is 1.87 bits per heavy atom. The summed E-state index contributed by atoms with van der Waals surface area (Å²) in [7, 11) is 0. The normalized spacial score (nSPS) is 10.1. The van der Waals surface area contributed by atoms with Crippen molar-refractivity contribution < 1.29 is 14.8 Å². The van der Waals surface area contributed by atoms with Crippen molar-refractivity contribution >= 4 is 40.8 Å². The molecule has 0 spiro atoms. The van der Waals surface area contributed by atoms with Crippen molar-refractivity contribution in [3.05, 3.63) is 52.2 Å². The van der Waals surface area contributed by atoms with Gasteiger partial charge in [-0.1, -0.05) is 30.3 Å². The number of aromatic nitrogens is 2. The highest BCUT2D eigenvalue weighted by Crippen LogP contribution is 2.22. The predicted molar refractivity (Wildman–Crippen MR) is 116 cm³/mol. The molecule has 5 N–H and O–H groups in total. The van der Waals surface area contributed by atoms with Gasteiger partial charge in [0.1, 0.15) is 6.20 Å². The summed E-state index contributed by atoms with van der Waals surface area (Å²) >= 11 is 5.04. The molecule has 2 rings (SSSR count). The monoisotopic (exact) mass is 433 g/mol. The minimum Gasteiger partial charge on any atom is -0.481 e. The third kappa shape index (κ3) is 8.22. The fourth-order valence-corrected chi connectivity index (χ4v) is 2.55. The van der Waals surface area contributed by atoms with Gasteiger partial charge in [-0.15, -0.1) is 0 Å². The van der Waals surface area contributed by atoms with Crippen molar-refractivity contribution in [3.63, 3.8) is 0 Å². The van der Waals surface area contributed by atoms with Crippen LogP contribution >= 0.6 is 12.2 Å². The number of benzene rings is 1. The van der Waals surface area contributed by atoms with E-state index in [9.17, 15) is 14.9 Å². The maximum absolute atomic E-state index is 11.2. The highest BCUT2D eigenvalue weighted by atomic mass is 32.1. The molecule has 0 unspecified atom stereocenters. The van der Waals surface area contributed by atoms with E-state index in [1.54, 1.807) is 0 Å². The molecule has 0 aliphatic heterocycles. The van der Waals surface area contributed by atoms with Gasteiger partial charge in [-0.2, -0.15) is 4.98 Å². The van der Waals surface area contributed by atoms with Crippen LogP contribution in [-0.2, 0) is 11.3 Å². The molecule has 160 valence electrons. The molecule has 12 heteroatoms. The highest BCUT2D eigenvalue weighted by molar-refractivity contribution is 7.80. The second-order valence-corrected chi connectivity index (χ2v) is 6.54. The molecule has 1 aromatic carbocycles. The second-order valence-electron chi connectivity index (χ2n) is 6.13. The SMILES string of the molecule is O=C(O)CCNC(=S)NCCCNc1nc(NCc2ccccc2)ncc1[N+](=O)[O-]. The third-order valence-corrected chi connectivity index (χ3v) is 4.10. The Bertz CT molecular complexity index is 867. The summed E-state index contributed by atoms with van der Waals surface area (Å²) in [5.74, 6) is -0.486. The zero-order chi connectivity index (χ0) is 21.8. The maximum atomic E-state index is 11.2. The van der Waals surface area contributed by atoms with E-state index >= 15 is 0 Å². The molecule has 1 aromatic heterocycles. The van der Waals surface area contributed by atoms with E-state index in [1.807, 2.05) is 30.3 Å². The summed E-state index contributed by atoms with van der Waals surface area (Å²) in [4.78, 5) is 29.3. The molecule has 0 saturated heterocycles. The van der Waals surface area contributed by atoms with Crippen molar-refractivity contribution in [2.45, 2.75) is 19.4 Å². The quantitative estimate of drug-likeness (QED) is 0.144. The van der Waals surface area contributed by atoms with Crippen LogP contribution in [0, 0.1) is 10.1 Å². The Labute approximate surface area is 178 Å². The van der Waals surface area contributed by atoms with Gasteiger partial charge in [0, 0.05) is 26.2 Å². The predicted octanol–water partition coefficient (Wildman–Crippen LogP) is 1.74. The summed E-state index contributed by atoms with van der Waals surface area (Å²) in [6.45, 7) is 1.66. The number of rotatable bonds is 12. The number of nitrogens with one attached hydrogen (secondary N) is 4. The fourth-order valence-electron chi connectivity index (χ4n) is 2.34. The summed E-state index contributed by atoms with van der Waals surface area (Å²) in [5.41, 5.74) is 0.826. The Kier molecular flexibility index (Phi) is 9.18. The number of carboxylic acids is 1. The number of anilines is 2. The van der Waals surface area contributed by atoms with Crippen LogP contribution in [0.1, 0.15) is 18.4 Å². The standard InChI is InChI=1S/C18H23N7O4S/c26-15(27)7-10-21-18(30)20-9-4-8-19-16-14(25(28)29)12-23-17(24-16)22-11-13-5-2-1-3-6-13/h1-3,5-6,12H,4,7-11H2,(H,26,27)(H2,20,21,30)(H2,19,22,23,24). The van der Waals surface area contributed by atoms with Crippen LogP contribution in [0.5, 0.6) is 0 Å². The van der Waals surface area contributed by atoms with Crippen molar-refractivity contribution in [3.8, 4) is 0 Å². The molecule has 1 heterocycles. The molecular weight excluding hydrogens is 410 g/mol. The molecule has 0 saturated carbocycles. The molecule has 0 aliphatic carbocycles. The number of nitro groups is 1. The number of nitrogens with zero attached hydrogens (tertiary/aromatic N) is 3. The van der Waals surface area contributed by atoms with Gasteiger partial charge in [-0.3, -0.25) is 14.9 Å². The average molecular weight is 433 g/mol. The lowest BCUT2D eigenvalue weighted by Gasteiger charge is -2.11. The molecule has 0 radical (unpaired) electrons. The molecule has 0 atom stereocenters. The van der Waals surface area contributed by atoms with Crippen LogP contribution in [0.3, 0.4) is 0 Å². The first-order valence-electron chi connectivity index (χ1n) is 9.22. The van der Waals surface area contributed by atoms with Gasteiger partial charge in [-0.25, -0.2) is 4.98 Å². The van der Waals surface area contributed by atoms with E-state index in [-0.39, 0.29) is 30.4 Å². The maximum Gasteiger partial charge on any atom is 0.329 e. The zero-order valence-corrected chi connectivity index (χ0v) is 16.9. The van der Waals surface area contributed by atoms with E-state index in [0.29, 0.717) is 31.2 Å². The van der Waals surface area contributed by atoms with Crippen LogP contribution in [0.2, 0.25) is 0 Å². The van der Waals surface area contributed by atoms with Crippen LogP contribution in [-0.4, -0.2) is 50.7 Å². The van der Waals surface area contributed by atoms with Crippen molar-refractivity contribution in [1.29, 1.82) is 0 Å². The largest absolute Gasteiger partial charge is 0.481 e. The minimum atomic E-state index is -0.904. The van der Waals surface area contributed by atoms with Gasteiger partial charge in [0.25, 0.3) is 0 Å². The number of aliphatic carboxylic acids is 1. The fraction of sp³-hybridized carbons (Fsp3) is 0.333. The Balaban J connectivity index is 1.80. The lowest BCUT2D eigenvalue weighted by atomic mass is 10.2. The molecule has 0 amide bonds. The Morgan fingerprint density at radius 1 is 1.13 bits per heavy atom. The van der Waals surface area contributed by atoms with Gasteiger partial charge in [0.15, 0.2) is 5.11 Å². The minimum absolute atomic E-state index is 0.0264. The topological polar surface area (TPSA) is 154 Å². The smallest absolute Gasteiger partial charge is 0.329 e. The van der Waals surface area contributed by atoms with Crippen LogP contribution in [0.15, 0.2) is 36.5 Å². The first-order valence-corrected chi connectivity index (χ1v) is 9.63. The average Bonchev–Trinajstić information content (AvgIpc) is 2.72. The zero-order valence-electron chi connectivity index (χ0n) is 16.1. The lowest BCUT2D eigenvalue weighted by Crippen LogP contribution is -2.37. The summed E-state index contributed by atoms with van der Waals surface area (Å²) in [6.07, 6.45) is 1.75. The molecule has 2 aromatic rings. The van der Waals surface area contributed by atoms with Crippen LogP contribution in [0.25, 0.3) is 0 Å². The van der Waals surface area contributed by atoms with E-state index in [2.05, 4.69) is 31.2 Å². The van der Waals surface area contributed by atoms with Gasteiger partial charge < -0.3 is 26.4 Å². The summed E-state index contributed by atoms with van der Waals surface area (Å²) in [5, 5.41) is 31.9. The Morgan fingerprint density at radius 3 is 2.57 bits per heavy atom. The third-order valence-electron chi connectivity index (χ3n) is 3.82. The van der Waals surface area contributed by atoms with E-state index in [1.165, 1.54) is 6.20 Å². The first-order chi connectivity index (χ1) is 14.5. The summed E-state index contributed by atoms with van der Waals surface area (Å²) in [6, 6.07) is 9.66. The highest BCUT2D eigenvalue weighted by Gasteiger charge is 2.17. The van der Waals surface area contributed by atoms with Crippen LogP contribution in [0.4, 0.5) is 17.5 Å². The summed E-state index contributed by atoms with van der Waals surface area (Å²) < 4.78 is 0. The number of hydrogen-bond donors (Lipinski definition) is 5. The lowest BCUT2D eigenvalue weighted by molar-refractivity contribution is -0.384. The number of hydrogen-bond acceptors (Lipinski definition) is 8. The molecule has 11 nitrogen and oxygen atoms in total. The van der Waals surface area contributed by atoms with Gasteiger partial charge in [0.05, 0.1) is 11.3 Å². The van der Waals surface area contributed by atoms with E-state index in [0.717, 1.165) is 5.56 Å². The molecule has 0 fully saturated rings. The van der Waals surface area contributed by atoms with Crippen molar-refractivity contribution in [2.24, 2.45) is 0 Å². The number of carbonyl (C=O) groups is 1. The van der Waals surface area contributed by atoms with E-state index in [4.69, 9.17) is 17.3 Å². The molecule has 0 bridgehead atoms. The van der Waals surface area contributed by atoms with Crippen molar-refractivity contribution in [1.82, 2.24) is 20.6 Å². The molecule has 0 aliphatic rings. The molecular formula is C18H23N7O4S. The van der Waals surface area contributed by atoms with Crippen LogP contribution < -0.4 is 21.3 Å². The first kappa shape index (κ1) is 22.7. The van der Waals surface area contributed by atoms with Crippen molar-refractivity contribution in [2.75, 3.05) is 30.3 Å². The number of carboxylic acid groups (broad SMARTS) is 1. The van der Waals surface area contributed by atoms with Gasteiger partial charge in [0.2, 0.25) is 11.8 Å². The Hall–Kier alpha value is -3.54.